The third kappa shape index (κ3) is 4.59. The van der Waals surface area contributed by atoms with Crippen molar-refractivity contribution in [3.63, 3.8) is 0 Å². The first-order valence-electron chi connectivity index (χ1n) is 5.41. The molecule has 1 aliphatic rings. The van der Waals surface area contributed by atoms with Crippen molar-refractivity contribution in [2.24, 2.45) is 5.73 Å². The zero-order chi connectivity index (χ0) is 13.8. The summed E-state index contributed by atoms with van der Waals surface area (Å²) < 4.78 is 29.6. The van der Waals surface area contributed by atoms with Gasteiger partial charge in [0.15, 0.2) is 0 Å². The number of carboxylic acid groups (broad SMARTS) is 1. The Hall–Kier alpha value is -1.19. The summed E-state index contributed by atoms with van der Waals surface area (Å²) in [6.45, 7) is -0.922. The number of sulfonamides is 1. The molecule has 104 valence electrons. The van der Waals surface area contributed by atoms with E-state index in [0.717, 1.165) is 6.42 Å². The van der Waals surface area contributed by atoms with Gasteiger partial charge in [0.05, 0.1) is 18.4 Å². The van der Waals surface area contributed by atoms with Crippen LogP contribution >= 0.6 is 0 Å². The first-order valence-corrected chi connectivity index (χ1v) is 7.01. The highest BCUT2D eigenvalue weighted by atomic mass is 32.2. The Kier molecular flexibility index (Phi) is 5.05. The second kappa shape index (κ2) is 6.12. The summed E-state index contributed by atoms with van der Waals surface area (Å²) in [7, 11) is -3.87. The zero-order valence-electron chi connectivity index (χ0n) is 9.74. The number of carboxylic acids is 1. The number of rotatable bonds is 7. The molecule has 0 aromatic heterocycles. The molecule has 8 nitrogen and oxygen atoms in total. The maximum Gasteiger partial charge on any atom is 0.318 e. The highest BCUT2D eigenvalue weighted by molar-refractivity contribution is 7.89. The van der Waals surface area contributed by atoms with Crippen LogP contribution in [0.3, 0.4) is 0 Å². The van der Waals surface area contributed by atoms with Gasteiger partial charge in [-0.2, -0.15) is 4.31 Å². The third-order valence-electron chi connectivity index (χ3n) is 2.46. The van der Waals surface area contributed by atoms with Crippen LogP contribution in [0.5, 0.6) is 0 Å². The van der Waals surface area contributed by atoms with Crippen LogP contribution < -0.4 is 5.73 Å². The number of ether oxygens (including phenoxy) is 1. The number of primary amides is 1. The van der Waals surface area contributed by atoms with Crippen LogP contribution in [0.1, 0.15) is 12.8 Å². The van der Waals surface area contributed by atoms with Crippen LogP contribution in [0, 0.1) is 0 Å². The lowest BCUT2D eigenvalue weighted by Gasteiger charge is -2.20. The van der Waals surface area contributed by atoms with Gasteiger partial charge in [0, 0.05) is 6.61 Å². The normalized spacial score (nSPS) is 20.2. The molecule has 0 aromatic rings. The van der Waals surface area contributed by atoms with Gasteiger partial charge >= 0.3 is 5.97 Å². The average molecular weight is 280 g/mol. The van der Waals surface area contributed by atoms with Gasteiger partial charge in [-0.05, 0) is 12.8 Å². The topological polar surface area (TPSA) is 127 Å². The van der Waals surface area contributed by atoms with Gasteiger partial charge in [-0.1, -0.05) is 0 Å². The molecular formula is C9H16N2O6S. The Morgan fingerprint density at radius 1 is 1.39 bits per heavy atom. The maximum absolute atomic E-state index is 11.9. The van der Waals surface area contributed by atoms with Gasteiger partial charge in [0.1, 0.15) is 6.54 Å². The van der Waals surface area contributed by atoms with E-state index in [1.165, 1.54) is 0 Å². The minimum absolute atomic E-state index is 0.326. The Morgan fingerprint density at radius 3 is 2.50 bits per heavy atom. The first kappa shape index (κ1) is 14.9. The number of amides is 1. The average Bonchev–Trinajstić information content (AvgIpc) is 2.67. The Morgan fingerprint density at radius 2 is 2.06 bits per heavy atom. The summed E-state index contributed by atoms with van der Waals surface area (Å²) in [5, 5.41) is 8.63. The van der Waals surface area contributed by atoms with Gasteiger partial charge in [0.2, 0.25) is 15.9 Å². The molecule has 0 bridgehead atoms. The second-order valence-corrected chi connectivity index (χ2v) is 6.06. The fraction of sp³-hybridized carbons (Fsp3) is 0.778. The molecule has 3 N–H and O–H groups in total. The number of carbonyl (C=O) groups is 2. The summed E-state index contributed by atoms with van der Waals surface area (Å²) in [6.07, 6.45) is 0.935. The predicted octanol–water partition coefficient (Wildman–Crippen LogP) is -1.63. The maximum atomic E-state index is 11.9. The Balaban J connectivity index is 2.73. The van der Waals surface area contributed by atoms with Crippen molar-refractivity contribution in [1.82, 2.24) is 4.31 Å². The standard InChI is InChI=1S/C9H16N2O6S/c10-8(12)4-11(5-9(13)14)18(15,16)6-7-2-1-3-17-7/h7H,1-6H2,(H2,10,12)(H,13,14). The van der Waals surface area contributed by atoms with Gasteiger partial charge in [-0.15, -0.1) is 0 Å². The second-order valence-electron chi connectivity index (χ2n) is 4.04. The van der Waals surface area contributed by atoms with Gasteiger partial charge in [0.25, 0.3) is 0 Å². The van der Waals surface area contributed by atoms with E-state index in [2.05, 4.69) is 0 Å². The number of nitrogens with two attached hydrogens (primary N) is 1. The summed E-state index contributed by atoms with van der Waals surface area (Å²) in [6, 6.07) is 0. The summed E-state index contributed by atoms with van der Waals surface area (Å²) in [5.41, 5.74) is 4.90. The van der Waals surface area contributed by atoms with E-state index in [-0.39, 0.29) is 5.75 Å². The van der Waals surface area contributed by atoms with Crippen LogP contribution in [0.25, 0.3) is 0 Å². The van der Waals surface area contributed by atoms with Crippen LogP contribution in [0.4, 0.5) is 0 Å². The number of carbonyl (C=O) groups excluding carboxylic acids is 1. The summed E-state index contributed by atoms with van der Waals surface area (Å²) in [4.78, 5) is 21.4. The summed E-state index contributed by atoms with van der Waals surface area (Å²) in [5.74, 6) is -2.56. The van der Waals surface area contributed by atoms with Crippen molar-refractivity contribution in [2.45, 2.75) is 18.9 Å². The Labute approximate surface area is 105 Å². The molecule has 1 rings (SSSR count). The molecule has 1 saturated heterocycles. The lowest BCUT2D eigenvalue weighted by atomic mass is 10.3. The monoisotopic (exact) mass is 280 g/mol. The SMILES string of the molecule is NC(=O)CN(CC(=O)O)S(=O)(=O)CC1CCCO1. The molecule has 0 spiro atoms. The van der Waals surface area contributed by atoms with Crippen LogP contribution in [0.15, 0.2) is 0 Å². The molecule has 0 aliphatic carbocycles. The fourth-order valence-corrected chi connectivity index (χ4v) is 3.27. The van der Waals surface area contributed by atoms with Gasteiger partial charge < -0.3 is 15.6 Å². The van der Waals surface area contributed by atoms with Crippen molar-refractivity contribution in [3.8, 4) is 0 Å². The van der Waals surface area contributed by atoms with Crippen molar-refractivity contribution in [3.05, 3.63) is 0 Å². The van der Waals surface area contributed by atoms with E-state index in [4.69, 9.17) is 15.6 Å². The van der Waals surface area contributed by atoms with Crippen LogP contribution in [-0.4, -0.2) is 61.3 Å². The smallest absolute Gasteiger partial charge is 0.318 e. The molecule has 0 aromatic carbocycles. The number of hydrogen-bond acceptors (Lipinski definition) is 5. The fourth-order valence-electron chi connectivity index (χ4n) is 1.69. The van der Waals surface area contributed by atoms with E-state index in [1.54, 1.807) is 0 Å². The number of aliphatic carboxylic acids is 1. The highest BCUT2D eigenvalue weighted by Crippen LogP contribution is 2.15. The minimum atomic E-state index is -3.87. The third-order valence-corrected chi connectivity index (χ3v) is 4.30. The molecule has 1 aliphatic heterocycles. The molecule has 0 radical (unpaired) electrons. The van der Waals surface area contributed by atoms with Crippen molar-refractivity contribution < 1.29 is 27.9 Å². The molecule has 0 saturated carbocycles. The van der Waals surface area contributed by atoms with Crippen LogP contribution in [0.2, 0.25) is 0 Å². The van der Waals surface area contributed by atoms with Crippen molar-refractivity contribution in [2.75, 3.05) is 25.4 Å². The molecule has 18 heavy (non-hydrogen) atoms. The van der Waals surface area contributed by atoms with Crippen LogP contribution in [-0.2, 0) is 24.3 Å². The molecule has 1 amide bonds. The van der Waals surface area contributed by atoms with Gasteiger partial charge in [-0.3, -0.25) is 9.59 Å². The summed E-state index contributed by atoms with van der Waals surface area (Å²) >= 11 is 0. The van der Waals surface area contributed by atoms with E-state index in [0.29, 0.717) is 17.3 Å². The molecule has 1 unspecified atom stereocenters. The molecule has 9 heteroatoms. The quantitative estimate of drug-likeness (QED) is 0.576. The predicted molar refractivity (Wildman–Crippen MR) is 61.2 cm³/mol. The largest absolute Gasteiger partial charge is 0.480 e. The van der Waals surface area contributed by atoms with E-state index in [1.807, 2.05) is 0 Å². The molecule has 1 fully saturated rings. The lowest BCUT2D eigenvalue weighted by molar-refractivity contribution is -0.137. The van der Waals surface area contributed by atoms with Crippen molar-refractivity contribution in [1.29, 1.82) is 0 Å². The van der Waals surface area contributed by atoms with E-state index < -0.39 is 41.1 Å². The van der Waals surface area contributed by atoms with E-state index in [9.17, 15) is 18.0 Å². The van der Waals surface area contributed by atoms with E-state index >= 15 is 0 Å². The first-order chi connectivity index (χ1) is 8.31. The molecular weight excluding hydrogens is 264 g/mol. The minimum Gasteiger partial charge on any atom is -0.480 e. The number of hydrogen-bond donors (Lipinski definition) is 2. The molecule has 1 heterocycles. The highest BCUT2D eigenvalue weighted by Gasteiger charge is 2.30. The number of nitrogens with zero attached hydrogens (tertiary/aromatic N) is 1. The Bertz CT molecular complexity index is 399. The lowest BCUT2D eigenvalue weighted by Crippen LogP contribution is -2.44. The van der Waals surface area contributed by atoms with Crippen molar-refractivity contribution >= 4 is 21.9 Å². The zero-order valence-corrected chi connectivity index (χ0v) is 10.6. The van der Waals surface area contributed by atoms with Gasteiger partial charge in [-0.25, -0.2) is 8.42 Å². The molecule has 1 atom stereocenters.